The number of aromatic nitrogens is 2. The number of benzene rings is 2. The van der Waals surface area contributed by atoms with Gasteiger partial charge >= 0.3 is 5.97 Å². The Morgan fingerprint density at radius 2 is 1.97 bits per heavy atom. The van der Waals surface area contributed by atoms with Gasteiger partial charge in [0.05, 0.1) is 11.0 Å². The van der Waals surface area contributed by atoms with Gasteiger partial charge in [0.1, 0.15) is 18.0 Å². The Balaban J connectivity index is 1.84. The number of hydrogen-bond donors (Lipinski definition) is 2. The van der Waals surface area contributed by atoms with Gasteiger partial charge in [-0.15, -0.1) is 0 Å². The van der Waals surface area contributed by atoms with Crippen molar-refractivity contribution in [1.82, 2.24) is 14.5 Å². The number of fused-ring (bicyclic) bond motifs is 1. The van der Waals surface area contributed by atoms with Crippen molar-refractivity contribution in [3.8, 4) is 0 Å². The van der Waals surface area contributed by atoms with E-state index in [1.807, 2.05) is 35.9 Å². The van der Waals surface area contributed by atoms with Crippen LogP contribution >= 0.6 is 11.6 Å². The predicted molar refractivity (Wildman–Crippen MR) is 121 cm³/mol. The molecule has 3 aromatic rings. The van der Waals surface area contributed by atoms with Gasteiger partial charge in [-0.3, -0.25) is 4.79 Å². The summed E-state index contributed by atoms with van der Waals surface area (Å²) in [6, 6.07) is 13.6. The molecule has 1 amide bonds. The van der Waals surface area contributed by atoms with Gasteiger partial charge < -0.3 is 19.7 Å². The maximum absolute atomic E-state index is 13.2. The molecule has 0 spiro atoms. The third kappa shape index (κ3) is 4.69. The highest BCUT2D eigenvalue weighted by molar-refractivity contribution is 6.30. The number of aryl methyl sites for hydroxylation is 1. The van der Waals surface area contributed by atoms with E-state index in [4.69, 9.17) is 21.7 Å². The lowest BCUT2D eigenvalue weighted by Gasteiger charge is -2.34. The third-order valence-corrected chi connectivity index (χ3v) is 5.95. The number of carbonyl (C=O) groups is 2. The highest BCUT2D eigenvalue weighted by Crippen LogP contribution is 2.39. The topological polar surface area (TPSA) is 95.7 Å². The minimum absolute atomic E-state index is 0.306. The van der Waals surface area contributed by atoms with Crippen molar-refractivity contribution >= 4 is 34.5 Å². The van der Waals surface area contributed by atoms with Crippen LogP contribution in [0.3, 0.4) is 0 Å². The van der Waals surface area contributed by atoms with Gasteiger partial charge in [-0.2, -0.15) is 0 Å². The molecule has 166 valence electrons. The summed E-state index contributed by atoms with van der Waals surface area (Å²) in [5, 5.41) is 21.0. The van der Waals surface area contributed by atoms with Crippen molar-refractivity contribution in [2.45, 2.75) is 25.0 Å². The molecule has 0 radical (unpaired) electrons. The van der Waals surface area contributed by atoms with Gasteiger partial charge in [0.25, 0.3) is 0 Å². The quantitative estimate of drug-likeness (QED) is 0.504. The zero-order valence-corrected chi connectivity index (χ0v) is 18.3. The third-order valence-electron chi connectivity index (χ3n) is 5.71. The summed E-state index contributed by atoms with van der Waals surface area (Å²) in [6.45, 7) is 0.397. The van der Waals surface area contributed by atoms with E-state index in [2.05, 4.69) is 0 Å². The lowest BCUT2D eigenvalue weighted by atomic mass is 9.99. The number of aliphatic carboxylic acids is 1. The van der Waals surface area contributed by atoms with Gasteiger partial charge in [0, 0.05) is 30.8 Å². The van der Waals surface area contributed by atoms with Crippen molar-refractivity contribution in [1.29, 1.82) is 0 Å². The van der Waals surface area contributed by atoms with Crippen LogP contribution in [0.25, 0.3) is 11.0 Å². The molecule has 0 unspecified atom stereocenters. The van der Waals surface area contributed by atoms with Gasteiger partial charge in [0.15, 0.2) is 0 Å². The monoisotopic (exact) mass is 453 g/mol. The van der Waals surface area contributed by atoms with Crippen LogP contribution in [0.5, 0.6) is 0 Å². The Bertz CT molecular complexity index is 1180. The number of carboxylic acids is 1. The first-order chi connectivity index (χ1) is 15.3. The molecular formula is C24H24ClN3O4. The summed E-state index contributed by atoms with van der Waals surface area (Å²) in [4.78, 5) is 30.5. The summed E-state index contributed by atoms with van der Waals surface area (Å²) in [5.41, 5.74) is 2.16. The largest absolute Gasteiger partial charge is 0.478 e. The first kappa shape index (κ1) is 22.0. The Morgan fingerprint density at radius 3 is 2.62 bits per heavy atom. The molecule has 2 aromatic carbocycles. The molecule has 1 heterocycles. The van der Waals surface area contributed by atoms with E-state index in [0.717, 1.165) is 36.0 Å². The average molecular weight is 454 g/mol. The number of nitrogens with zero attached hydrogens (tertiary/aromatic N) is 3. The maximum Gasteiger partial charge on any atom is 0.328 e. The number of para-hydroxylation sites is 2. The van der Waals surface area contributed by atoms with Crippen LogP contribution in [-0.4, -0.2) is 43.1 Å². The Kier molecular flexibility index (Phi) is 6.30. The predicted octanol–water partition coefficient (Wildman–Crippen LogP) is 3.88. The molecule has 2 N–H and O–H groups in total. The standard InChI is InChI=1S/C24H24ClN3O4/c1-27-19-8-3-2-7-18(19)26-24(27)22(23(32)16-5-4-6-17(25)13-16)28(14-15-9-10-15)20(29)11-12-21(30)31/h2-8,11-13,15,22-23,32H,9-10,14H2,1H3,(H,30,31)/t22-,23+/m0/s1. The summed E-state index contributed by atoms with van der Waals surface area (Å²) in [6.07, 6.45) is 2.69. The molecule has 2 atom stereocenters. The Hall–Kier alpha value is -3.16. The first-order valence-corrected chi connectivity index (χ1v) is 10.8. The second kappa shape index (κ2) is 9.14. The van der Waals surface area contributed by atoms with E-state index in [1.54, 1.807) is 24.3 Å². The van der Waals surface area contributed by atoms with Crippen LogP contribution in [-0.2, 0) is 16.6 Å². The zero-order valence-electron chi connectivity index (χ0n) is 17.6. The number of hydrogen-bond acceptors (Lipinski definition) is 4. The van der Waals surface area contributed by atoms with E-state index in [1.165, 1.54) is 4.90 Å². The summed E-state index contributed by atoms with van der Waals surface area (Å²) in [5.74, 6) is -0.880. The normalized spacial score (nSPS) is 15.7. The van der Waals surface area contributed by atoms with Crippen LogP contribution in [0.1, 0.15) is 36.4 Å². The van der Waals surface area contributed by atoms with Crippen LogP contribution in [0.4, 0.5) is 0 Å². The molecule has 1 aliphatic carbocycles. The number of rotatable bonds is 8. The molecule has 1 aromatic heterocycles. The molecule has 32 heavy (non-hydrogen) atoms. The van der Waals surface area contributed by atoms with Crippen molar-refractivity contribution in [2.24, 2.45) is 13.0 Å². The summed E-state index contributed by atoms with van der Waals surface area (Å²) in [7, 11) is 1.84. The number of carbonyl (C=O) groups excluding carboxylic acids is 1. The number of amides is 1. The number of aliphatic hydroxyl groups excluding tert-OH is 1. The second-order valence-electron chi connectivity index (χ2n) is 8.07. The summed E-state index contributed by atoms with van der Waals surface area (Å²) < 4.78 is 1.86. The fraction of sp³-hybridized carbons (Fsp3) is 0.292. The second-order valence-corrected chi connectivity index (χ2v) is 8.50. The van der Waals surface area contributed by atoms with E-state index < -0.39 is 24.0 Å². The Morgan fingerprint density at radius 1 is 1.22 bits per heavy atom. The van der Waals surface area contributed by atoms with Gasteiger partial charge in [0.2, 0.25) is 5.91 Å². The lowest BCUT2D eigenvalue weighted by Crippen LogP contribution is -2.40. The first-order valence-electron chi connectivity index (χ1n) is 10.4. The maximum atomic E-state index is 13.2. The van der Waals surface area contributed by atoms with Gasteiger partial charge in [-0.1, -0.05) is 35.9 Å². The molecule has 4 rings (SSSR count). The Labute approximate surface area is 190 Å². The fourth-order valence-corrected chi connectivity index (χ4v) is 4.11. The molecule has 0 saturated heterocycles. The van der Waals surface area contributed by atoms with Gasteiger partial charge in [-0.05, 0) is 48.6 Å². The van der Waals surface area contributed by atoms with Crippen LogP contribution < -0.4 is 0 Å². The number of carboxylic acid groups (broad SMARTS) is 1. The molecular weight excluding hydrogens is 430 g/mol. The van der Waals surface area contributed by atoms with Crippen molar-refractivity contribution in [3.05, 3.63) is 77.1 Å². The van der Waals surface area contributed by atoms with E-state index in [0.29, 0.717) is 28.9 Å². The minimum Gasteiger partial charge on any atom is -0.478 e. The van der Waals surface area contributed by atoms with E-state index >= 15 is 0 Å². The molecule has 1 fully saturated rings. The van der Waals surface area contributed by atoms with Crippen molar-refractivity contribution in [2.75, 3.05) is 6.54 Å². The number of imidazole rings is 1. The van der Waals surface area contributed by atoms with Crippen molar-refractivity contribution < 1.29 is 19.8 Å². The van der Waals surface area contributed by atoms with Gasteiger partial charge in [-0.25, -0.2) is 9.78 Å². The summed E-state index contributed by atoms with van der Waals surface area (Å²) >= 11 is 6.17. The van der Waals surface area contributed by atoms with E-state index in [-0.39, 0.29) is 0 Å². The van der Waals surface area contributed by atoms with Crippen molar-refractivity contribution in [3.63, 3.8) is 0 Å². The minimum atomic E-state index is -1.21. The van der Waals surface area contributed by atoms with Crippen LogP contribution in [0, 0.1) is 5.92 Å². The van der Waals surface area contributed by atoms with E-state index in [9.17, 15) is 14.7 Å². The SMILES string of the molecule is Cn1c([C@H]([C@H](O)c2cccc(Cl)c2)N(CC2CC2)C(=O)C=CC(=O)O)nc2ccccc21. The number of aliphatic hydroxyl groups is 1. The highest BCUT2D eigenvalue weighted by Gasteiger charge is 2.38. The molecule has 0 bridgehead atoms. The molecule has 1 saturated carbocycles. The molecule has 7 nitrogen and oxygen atoms in total. The molecule has 1 aliphatic rings. The van der Waals surface area contributed by atoms with Crippen LogP contribution in [0.15, 0.2) is 60.7 Å². The number of halogens is 1. The average Bonchev–Trinajstić information content (AvgIpc) is 3.54. The fourth-order valence-electron chi connectivity index (χ4n) is 3.91. The highest BCUT2D eigenvalue weighted by atomic mass is 35.5. The molecule has 8 heteroatoms. The smallest absolute Gasteiger partial charge is 0.328 e. The lowest BCUT2D eigenvalue weighted by molar-refractivity contribution is -0.134. The van der Waals surface area contributed by atoms with Crippen LogP contribution in [0.2, 0.25) is 5.02 Å². The zero-order chi connectivity index (χ0) is 22.8. The molecule has 0 aliphatic heterocycles.